The molecule has 1 saturated heterocycles. The summed E-state index contributed by atoms with van der Waals surface area (Å²) in [7, 11) is 0.637. The van der Waals surface area contributed by atoms with E-state index < -0.39 is 15.1 Å². The zero-order valence-corrected chi connectivity index (χ0v) is 22.0. The van der Waals surface area contributed by atoms with Gasteiger partial charge in [0.15, 0.2) is 0 Å². The van der Waals surface area contributed by atoms with Gasteiger partial charge >= 0.3 is 6.09 Å². The van der Waals surface area contributed by atoms with Gasteiger partial charge in [0.2, 0.25) is 9.04 Å². The first-order valence-corrected chi connectivity index (χ1v) is 13.8. The van der Waals surface area contributed by atoms with Crippen molar-refractivity contribution in [3.63, 3.8) is 0 Å². The molecule has 1 N–H and O–H groups in total. The number of carboxylic acid groups (broad SMARTS) is 1. The molecule has 1 aliphatic rings. The molecule has 1 radical (unpaired) electrons. The summed E-state index contributed by atoms with van der Waals surface area (Å²) in [5.41, 5.74) is 2.86. The molecule has 0 bridgehead atoms. The van der Waals surface area contributed by atoms with Crippen LogP contribution in [0.3, 0.4) is 0 Å². The van der Waals surface area contributed by atoms with Crippen molar-refractivity contribution < 1.29 is 19.1 Å². The van der Waals surface area contributed by atoms with Crippen molar-refractivity contribution in [2.45, 2.75) is 59.9 Å². The number of carbonyl (C=O) groups is 1. The summed E-state index contributed by atoms with van der Waals surface area (Å²) in [6, 6.07) is 5.79. The molecule has 3 heterocycles. The molecule has 33 heavy (non-hydrogen) atoms. The topological polar surface area (TPSA) is 80.1 Å². The minimum Gasteiger partial charge on any atom is -0.494 e. The summed E-state index contributed by atoms with van der Waals surface area (Å²) in [6.45, 7) is 16.1. The summed E-state index contributed by atoms with van der Waals surface area (Å²) < 4.78 is 14.2. The standard InChI is InChI=1S/C24H37N4O4Si/c1-16-9-10-17(2)28(16)21-13-20(31-6)18(14-25-21)26-11-12-27(23(29)30)19(15-26)22(24(3,4)5)32-33(7)8/h9-10,13-14,19,22H,11-12,15H2,1-8H3,(H,29,30)/t19-,22?/m0/s1. The van der Waals surface area contributed by atoms with Gasteiger partial charge in [-0.15, -0.1) is 0 Å². The number of anilines is 1. The molecule has 8 nitrogen and oxygen atoms in total. The van der Waals surface area contributed by atoms with E-state index in [9.17, 15) is 9.90 Å². The highest BCUT2D eigenvalue weighted by atomic mass is 28.3. The molecule has 1 unspecified atom stereocenters. The van der Waals surface area contributed by atoms with Crippen LogP contribution in [0.2, 0.25) is 13.1 Å². The Kier molecular flexibility index (Phi) is 7.43. The molecule has 2 atom stereocenters. The number of aryl methyl sites for hydroxylation is 2. The predicted molar refractivity (Wildman–Crippen MR) is 132 cm³/mol. The van der Waals surface area contributed by atoms with Gasteiger partial charge in [0, 0.05) is 37.1 Å². The van der Waals surface area contributed by atoms with Crippen LogP contribution >= 0.6 is 0 Å². The molecular weight excluding hydrogens is 436 g/mol. The van der Waals surface area contributed by atoms with Crippen LogP contribution in [0.5, 0.6) is 5.75 Å². The van der Waals surface area contributed by atoms with Gasteiger partial charge in [-0.2, -0.15) is 0 Å². The molecule has 2 aromatic rings. The molecule has 1 amide bonds. The Morgan fingerprint density at radius 2 is 1.85 bits per heavy atom. The van der Waals surface area contributed by atoms with Crippen molar-refractivity contribution in [1.29, 1.82) is 0 Å². The number of rotatable bonds is 6. The van der Waals surface area contributed by atoms with Crippen molar-refractivity contribution >= 4 is 20.8 Å². The highest BCUT2D eigenvalue weighted by molar-refractivity contribution is 6.48. The number of ether oxygens (including phenoxy) is 1. The fourth-order valence-electron chi connectivity index (χ4n) is 4.58. The van der Waals surface area contributed by atoms with Gasteiger partial charge in [-0.05, 0) is 44.5 Å². The Bertz CT molecular complexity index is 966. The van der Waals surface area contributed by atoms with E-state index in [1.54, 1.807) is 7.11 Å². The fraction of sp³-hybridized carbons (Fsp3) is 0.583. The van der Waals surface area contributed by atoms with Gasteiger partial charge in [0.05, 0.1) is 31.1 Å². The first-order chi connectivity index (χ1) is 15.4. The Balaban J connectivity index is 1.97. The second kappa shape index (κ2) is 9.76. The second-order valence-electron chi connectivity index (χ2n) is 9.97. The molecule has 0 aliphatic carbocycles. The van der Waals surface area contributed by atoms with Crippen LogP contribution in [0.25, 0.3) is 5.82 Å². The lowest BCUT2D eigenvalue weighted by atomic mass is 9.83. The lowest BCUT2D eigenvalue weighted by molar-refractivity contribution is -0.00167. The molecule has 9 heteroatoms. The number of hydrogen-bond acceptors (Lipinski definition) is 5. The number of aromatic nitrogens is 2. The highest BCUT2D eigenvalue weighted by Crippen LogP contribution is 2.35. The number of hydrogen-bond donors (Lipinski definition) is 1. The number of nitrogens with zero attached hydrogens (tertiary/aromatic N) is 4. The number of piperazine rings is 1. The van der Waals surface area contributed by atoms with E-state index in [0.29, 0.717) is 19.6 Å². The van der Waals surface area contributed by atoms with E-state index in [1.165, 1.54) is 4.90 Å². The summed E-state index contributed by atoms with van der Waals surface area (Å²) in [4.78, 5) is 20.6. The van der Waals surface area contributed by atoms with Crippen molar-refractivity contribution in [2.75, 3.05) is 31.6 Å². The lowest BCUT2D eigenvalue weighted by Gasteiger charge is -2.48. The highest BCUT2D eigenvalue weighted by Gasteiger charge is 2.42. The van der Waals surface area contributed by atoms with Gasteiger partial charge in [-0.3, -0.25) is 4.90 Å². The predicted octanol–water partition coefficient (Wildman–Crippen LogP) is 4.35. The van der Waals surface area contributed by atoms with E-state index in [2.05, 4.69) is 69.3 Å². The Morgan fingerprint density at radius 1 is 1.21 bits per heavy atom. The maximum Gasteiger partial charge on any atom is 0.407 e. The van der Waals surface area contributed by atoms with Crippen LogP contribution in [0.4, 0.5) is 10.5 Å². The van der Waals surface area contributed by atoms with E-state index >= 15 is 0 Å². The third-order valence-electron chi connectivity index (χ3n) is 6.12. The number of amides is 1. The first-order valence-electron chi connectivity index (χ1n) is 11.3. The van der Waals surface area contributed by atoms with Gasteiger partial charge < -0.3 is 23.7 Å². The van der Waals surface area contributed by atoms with Crippen molar-refractivity contribution in [3.05, 3.63) is 35.8 Å². The lowest BCUT2D eigenvalue weighted by Crippen LogP contribution is -2.62. The molecule has 181 valence electrons. The molecular formula is C24H37N4O4Si. The molecule has 1 aliphatic heterocycles. The average molecular weight is 474 g/mol. The summed E-state index contributed by atoms with van der Waals surface area (Å²) in [5.74, 6) is 1.52. The zero-order valence-electron chi connectivity index (χ0n) is 21.0. The van der Waals surface area contributed by atoms with E-state index in [0.717, 1.165) is 28.6 Å². The van der Waals surface area contributed by atoms with Crippen LogP contribution in [0.1, 0.15) is 32.2 Å². The molecule has 0 saturated carbocycles. The second-order valence-corrected chi connectivity index (χ2v) is 12.0. The minimum atomic E-state index is -1.02. The summed E-state index contributed by atoms with van der Waals surface area (Å²) in [5, 5.41) is 9.93. The van der Waals surface area contributed by atoms with Crippen LogP contribution in [-0.2, 0) is 4.43 Å². The van der Waals surface area contributed by atoms with Crippen LogP contribution in [0, 0.1) is 19.3 Å². The van der Waals surface area contributed by atoms with Crippen molar-refractivity contribution in [1.82, 2.24) is 14.5 Å². The Labute approximate surface area is 198 Å². The van der Waals surface area contributed by atoms with E-state index in [4.69, 9.17) is 14.1 Å². The first kappa shape index (κ1) is 25.1. The Hall–Kier alpha value is -2.52. The summed E-state index contributed by atoms with van der Waals surface area (Å²) in [6.07, 6.45) is 0.712. The quantitative estimate of drug-likeness (QED) is 0.629. The van der Waals surface area contributed by atoms with Crippen molar-refractivity contribution in [2.24, 2.45) is 5.41 Å². The fourth-order valence-corrected chi connectivity index (χ4v) is 5.60. The smallest absolute Gasteiger partial charge is 0.407 e. The number of pyridine rings is 1. The van der Waals surface area contributed by atoms with Gasteiger partial charge in [0.25, 0.3) is 0 Å². The van der Waals surface area contributed by atoms with Crippen LogP contribution < -0.4 is 9.64 Å². The minimum absolute atomic E-state index is 0.209. The largest absolute Gasteiger partial charge is 0.494 e. The van der Waals surface area contributed by atoms with Gasteiger partial charge in [0.1, 0.15) is 11.6 Å². The zero-order chi connectivity index (χ0) is 24.5. The third kappa shape index (κ3) is 5.35. The number of methoxy groups -OCH3 is 1. The SMILES string of the molecule is COc1cc(-n2c(C)ccc2C)ncc1N1CCN(C(=O)O)[C@H](C(O[Si](C)C)C(C)(C)C)C1. The van der Waals surface area contributed by atoms with E-state index in [1.807, 2.05) is 12.3 Å². The third-order valence-corrected chi connectivity index (χ3v) is 6.85. The molecule has 1 fully saturated rings. The van der Waals surface area contributed by atoms with Crippen LogP contribution in [0.15, 0.2) is 24.4 Å². The molecule has 2 aromatic heterocycles. The van der Waals surface area contributed by atoms with Gasteiger partial charge in [-0.1, -0.05) is 20.8 Å². The molecule has 0 spiro atoms. The maximum atomic E-state index is 12.1. The molecule has 0 aromatic carbocycles. The Morgan fingerprint density at radius 3 is 2.36 bits per heavy atom. The van der Waals surface area contributed by atoms with Crippen LogP contribution in [-0.4, -0.2) is 73.6 Å². The molecule has 3 rings (SSSR count). The van der Waals surface area contributed by atoms with Crippen molar-refractivity contribution in [3.8, 4) is 11.6 Å². The maximum absolute atomic E-state index is 12.1. The monoisotopic (exact) mass is 473 g/mol. The average Bonchev–Trinajstić information content (AvgIpc) is 3.08. The summed E-state index contributed by atoms with van der Waals surface area (Å²) >= 11 is 0. The van der Waals surface area contributed by atoms with E-state index in [-0.39, 0.29) is 17.6 Å². The van der Waals surface area contributed by atoms with Gasteiger partial charge in [-0.25, -0.2) is 9.78 Å². The normalized spacial score (nSPS) is 18.0.